The molecule has 0 aliphatic carbocycles. The quantitative estimate of drug-likeness (QED) is 0.703. The first-order chi connectivity index (χ1) is 5.36. The molecule has 0 saturated carbocycles. The van der Waals surface area contributed by atoms with E-state index >= 15 is 0 Å². The molecule has 1 rings (SSSR count). The molecule has 0 aliphatic rings. The Hall–Kier alpha value is -0.920. The first-order valence-electron chi connectivity index (χ1n) is 3.06. The maximum atomic E-state index is 9.99. The Kier molecular flexibility index (Phi) is 3.02. The summed E-state index contributed by atoms with van der Waals surface area (Å²) in [5, 5.41) is 8.69. The first-order valence-corrected chi connectivity index (χ1v) is 3.79. The van der Waals surface area contributed by atoms with Gasteiger partial charge in [0.1, 0.15) is 5.75 Å². The van der Waals surface area contributed by atoms with E-state index in [2.05, 4.69) is 4.52 Å². The standard InChI is InChI=1S/C7H7O3P/c8-5-6-2-1-3-7(4-6)10-11-9/h1-4,8H,5H2. The molecule has 0 spiro atoms. The summed E-state index contributed by atoms with van der Waals surface area (Å²) in [4.78, 5) is 0. The van der Waals surface area contributed by atoms with Gasteiger partial charge in [0.2, 0.25) is 0 Å². The average Bonchev–Trinajstić information content (AvgIpc) is 2.06. The molecule has 58 valence electrons. The van der Waals surface area contributed by atoms with E-state index in [1.54, 1.807) is 24.3 Å². The Balaban J connectivity index is 2.82. The minimum absolute atomic E-state index is 0.0348. The second-order valence-corrected chi connectivity index (χ2v) is 2.30. The van der Waals surface area contributed by atoms with Crippen LogP contribution in [0.2, 0.25) is 0 Å². The molecule has 0 amide bonds. The fraction of sp³-hybridized carbons (Fsp3) is 0.143. The van der Waals surface area contributed by atoms with Gasteiger partial charge in [-0.2, -0.15) is 0 Å². The molecule has 0 fully saturated rings. The summed E-state index contributed by atoms with van der Waals surface area (Å²) in [6.07, 6.45) is 0. The summed E-state index contributed by atoms with van der Waals surface area (Å²) < 4.78 is 14.6. The van der Waals surface area contributed by atoms with Crippen LogP contribution in [-0.4, -0.2) is 5.11 Å². The van der Waals surface area contributed by atoms with E-state index in [4.69, 9.17) is 5.11 Å². The summed E-state index contributed by atoms with van der Waals surface area (Å²) in [7, 11) is -0.378. The lowest BCUT2D eigenvalue weighted by Gasteiger charge is -1.97. The second kappa shape index (κ2) is 4.06. The van der Waals surface area contributed by atoms with Crippen molar-refractivity contribution in [3.8, 4) is 5.75 Å². The molecule has 3 nitrogen and oxygen atoms in total. The topological polar surface area (TPSA) is 46.5 Å². The molecule has 11 heavy (non-hydrogen) atoms. The molecule has 1 aromatic carbocycles. The summed E-state index contributed by atoms with van der Waals surface area (Å²) >= 11 is 0. The van der Waals surface area contributed by atoms with Crippen LogP contribution < -0.4 is 4.52 Å². The SMILES string of the molecule is O=POc1cccc(CO)c1. The van der Waals surface area contributed by atoms with E-state index in [0.29, 0.717) is 5.75 Å². The summed E-state index contributed by atoms with van der Waals surface area (Å²) in [6, 6.07) is 6.79. The van der Waals surface area contributed by atoms with E-state index in [0.717, 1.165) is 5.56 Å². The Morgan fingerprint density at radius 1 is 1.55 bits per heavy atom. The van der Waals surface area contributed by atoms with Crippen LogP contribution in [0.1, 0.15) is 5.56 Å². The average molecular weight is 170 g/mol. The molecule has 0 bridgehead atoms. The molecule has 0 heterocycles. The lowest BCUT2D eigenvalue weighted by Crippen LogP contribution is -1.82. The van der Waals surface area contributed by atoms with Gasteiger partial charge < -0.3 is 9.63 Å². The Bertz CT molecular complexity index is 249. The van der Waals surface area contributed by atoms with Crippen LogP contribution in [0, 0.1) is 0 Å². The molecular weight excluding hydrogens is 163 g/mol. The fourth-order valence-electron chi connectivity index (χ4n) is 0.744. The predicted octanol–water partition coefficient (Wildman–Crippen LogP) is 1.76. The third kappa shape index (κ3) is 2.30. The Morgan fingerprint density at radius 3 is 3.00 bits per heavy atom. The number of hydrogen-bond donors (Lipinski definition) is 1. The smallest absolute Gasteiger partial charge is 0.395 e. The van der Waals surface area contributed by atoms with Crippen LogP contribution in [0.5, 0.6) is 5.75 Å². The van der Waals surface area contributed by atoms with Crippen LogP contribution in [0.15, 0.2) is 24.3 Å². The van der Waals surface area contributed by atoms with Crippen molar-refractivity contribution in [1.82, 2.24) is 0 Å². The Morgan fingerprint density at radius 2 is 2.36 bits per heavy atom. The maximum Gasteiger partial charge on any atom is 0.395 e. The molecule has 0 atom stereocenters. The van der Waals surface area contributed by atoms with Gasteiger partial charge in [0.05, 0.1) is 6.61 Å². The highest BCUT2D eigenvalue weighted by Gasteiger charge is 1.94. The summed E-state index contributed by atoms with van der Waals surface area (Å²) in [5.74, 6) is 0.494. The number of rotatable bonds is 3. The number of aliphatic hydroxyl groups is 1. The van der Waals surface area contributed by atoms with Crippen molar-refractivity contribution in [3.05, 3.63) is 29.8 Å². The number of benzene rings is 1. The number of aliphatic hydroxyl groups excluding tert-OH is 1. The van der Waals surface area contributed by atoms with Crippen molar-refractivity contribution in [2.75, 3.05) is 0 Å². The van der Waals surface area contributed by atoms with Gasteiger partial charge in [-0.1, -0.05) is 12.1 Å². The summed E-state index contributed by atoms with van der Waals surface area (Å²) in [6.45, 7) is -0.0348. The maximum absolute atomic E-state index is 9.99. The molecule has 4 heteroatoms. The highest BCUT2D eigenvalue weighted by molar-refractivity contribution is 7.17. The van der Waals surface area contributed by atoms with E-state index in [1.165, 1.54) is 0 Å². The zero-order valence-corrected chi connectivity index (χ0v) is 6.62. The lowest BCUT2D eigenvalue weighted by molar-refractivity contribution is 0.281. The highest BCUT2D eigenvalue weighted by Crippen LogP contribution is 2.16. The molecular formula is C7H7O3P. The lowest BCUT2D eigenvalue weighted by atomic mass is 10.2. The van der Waals surface area contributed by atoms with E-state index in [-0.39, 0.29) is 15.3 Å². The van der Waals surface area contributed by atoms with Crippen molar-refractivity contribution >= 4 is 8.69 Å². The van der Waals surface area contributed by atoms with Gasteiger partial charge in [0.25, 0.3) is 0 Å². The van der Waals surface area contributed by atoms with Gasteiger partial charge in [-0.05, 0) is 17.7 Å². The molecule has 1 N–H and O–H groups in total. The molecule has 0 radical (unpaired) electrons. The van der Waals surface area contributed by atoms with Crippen molar-refractivity contribution in [3.63, 3.8) is 0 Å². The van der Waals surface area contributed by atoms with Crippen LogP contribution in [0.3, 0.4) is 0 Å². The summed E-state index contributed by atoms with van der Waals surface area (Å²) in [5.41, 5.74) is 0.742. The minimum Gasteiger partial charge on any atom is -0.408 e. The van der Waals surface area contributed by atoms with Gasteiger partial charge in [0.15, 0.2) is 0 Å². The highest BCUT2D eigenvalue weighted by atomic mass is 31.1. The van der Waals surface area contributed by atoms with Crippen LogP contribution in [0.4, 0.5) is 0 Å². The van der Waals surface area contributed by atoms with Gasteiger partial charge in [-0.25, -0.2) is 4.57 Å². The van der Waals surface area contributed by atoms with E-state index in [9.17, 15) is 4.57 Å². The van der Waals surface area contributed by atoms with Crippen LogP contribution >= 0.6 is 8.69 Å². The van der Waals surface area contributed by atoms with Crippen molar-refractivity contribution in [1.29, 1.82) is 0 Å². The number of hydrogen-bond acceptors (Lipinski definition) is 3. The zero-order valence-electron chi connectivity index (χ0n) is 5.73. The Labute approximate surface area is 65.9 Å². The van der Waals surface area contributed by atoms with Crippen LogP contribution in [-0.2, 0) is 11.2 Å². The predicted molar refractivity (Wildman–Crippen MR) is 40.6 cm³/mol. The first kappa shape index (κ1) is 8.18. The van der Waals surface area contributed by atoms with Gasteiger partial charge in [0, 0.05) is 0 Å². The fourth-order valence-corrected chi connectivity index (χ4v) is 0.943. The second-order valence-electron chi connectivity index (χ2n) is 1.97. The van der Waals surface area contributed by atoms with Crippen molar-refractivity contribution in [2.24, 2.45) is 0 Å². The van der Waals surface area contributed by atoms with E-state index < -0.39 is 0 Å². The third-order valence-corrected chi connectivity index (χ3v) is 1.51. The molecule has 0 saturated heterocycles. The molecule has 0 aliphatic heterocycles. The normalized spacial score (nSPS) is 9.91. The molecule has 0 aromatic heterocycles. The zero-order chi connectivity index (χ0) is 8.10. The minimum atomic E-state index is -0.378. The van der Waals surface area contributed by atoms with Gasteiger partial charge in [-0.15, -0.1) is 0 Å². The van der Waals surface area contributed by atoms with Gasteiger partial charge in [-0.3, -0.25) is 0 Å². The van der Waals surface area contributed by atoms with E-state index in [1.807, 2.05) is 0 Å². The third-order valence-electron chi connectivity index (χ3n) is 1.22. The monoisotopic (exact) mass is 170 g/mol. The van der Waals surface area contributed by atoms with Crippen molar-refractivity contribution in [2.45, 2.75) is 6.61 Å². The molecule has 1 aromatic rings. The largest absolute Gasteiger partial charge is 0.408 e. The molecule has 0 unspecified atom stereocenters. The van der Waals surface area contributed by atoms with Crippen molar-refractivity contribution < 1.29 is 14.2 Å². The van der Waals surface area contributed by atoms with Crippen LogP contribution in [0.25, 0.3) is 0 Å². The van der Waals surface area contributed by atoms with Gasteiger partial charge >= 0.3 is 8.69 Å².